The summed E-state index contributed by atoms with van der Waals surface area (Å²) in [5.74, 6) is 0.844. The maximum absolute atomic E-state index is 6.33. The van der Waals surface area contributed by atoms with Crippen LogP contribution in [0.5, 0.6) is 0 Å². The number of thioether (sulfide) groups is 1. The standard InChI is InChI=1S/C15H20ClN3S/c1-4-19-14(15(16)11(2)18-19)10-20-13-7-5-6-12(8-13)9-17-3/h5-8,17H,4,9-10H2,1-3H3. The molecule has 1 aromatic heterocycles. The summed E-state index contributed by atoms with van der Waals surface area (Å²) >= 11 is 8.13. The second-order valence-corrected chi connectivity index (χ2v) is 6.05. The summed E-state index contributed by atoms with van der Waals surface area (Å²) in [5, 5.41) is 8.42. The molecule has 1 heterocycles. The monoisotopic (exact) mass is 309 g/mol. The summed E-state index contributed by atoms with van der Waals surface area (Å²) in [6, 6.07) is 8.58. The third kappa shape index (κ3) is 3.57. The maximum Gasteiger partial charge on any atom is 0.0855 e. The van der Waals surface area contributed by atoms with Gasteiger partial charge in [-0.05, 0) is 38.6 Å². The van der Waals surface area contributed by atoms with Crippen LogP contribution >= 0.6 is 23.4 Å². The third-order valence-corrected chi connectivity index (χ3v) is 4.60. The fourth-order valence-corrected chi connectivity index (χ4v) is 3.40. The Balaban J connectivity index is 2.10. The average Bonchev–Trinajstić information content (AvgIpc) is 2.73. The second kappa shape index (κ2) is 7.16. The van der Waals surface area contributed by atoms with E-state index in [1.165, 1.54) is 10.5 Å². The van der Waals surface area contributed by atoms with Crippen LogP contribution in [-0.2, 0) is 18.8 Å². The largest absolute Gasteiger partial charge is 0.316 e. The number of nitrogens with zero attached hydrogens (tertiary/aromatic N) is 2. The molecule has 0 atom stereocenters. The Kier molecular flexibility index (Phi) is 5.52. The minimum absolute atomic E-state index is 0.797. The Morgan fingerprint density at radius 3 is 2.90 bits per heavy atom. The van der Waals surface area contributed by atoms with Gasteiger partial charge in [-0.1, -0.05) is 23.7 Å². The first-order valence-corrected chi connectivity index (χ1v) is 8.10. The fourth-order valence-electron chi connectivity index (χ4n) is 2.11. The normalized spacial score (nSPS) is 11.0. The molecule has 0 saturated heterocycles. The number of rotatable bonds is 6. The van der Waals surface area contributed by atoms with E-state index in [1.807, 2.05) is 18.7 Å². The van der Waals surface area contributed by atoms with E-state index in [0.717, 1.165) is 35.3 Å². The molecule has 108 valence electrons. The highest BCUT2D eigenvalue weighted by atomic mass is 35.5. The van der Waals surface area contributed by atoms with Gasteiger partial charge in [0.05, 0.1) is 16.4 Å². The number of halogens is 1. The molecule has 3 nitrogen and oxygen atoms in total. The van der Waals surface area contributed by atoms with Crippen molar-refractivity contribution in [2.24, 2.45) is 0 Å². The number of hydrogen-bond acceptors (Lipinski definition) is 3. The van der Waals surface area contributed by atoms with Crippen LogP contribution in [0.1, 0.15) is 23.9 Å². The lowest BCUT2D eigenvalue weighted by atomic mass is 10.2. The molecule has 0 radical (unpaired) electrons. The molecule has 0 aliphatic heterocycles. The van der Waals surface area contributed by atoms with Crippen molar-refractivity contribution in [1.82, 2.24) is 15.1 Å². The number of benzene rings is 1. The molecule has 20 heavy (non-hydrogen) atoms. The smallest absolute Gasteiger partial charge is 0.0855 e. The molecule has 0 saturated carbocycles. The molecule has 0 amide bonds. The molecule has 2 rings (SSSR count). The van der Waals surface area contributed by atoms with Gasteiger partial charge in [0.1, 0.15) is 0 Å². The van der Waals surface area contributed by atoms with Gasteiger partial charge in [0.15, 0.2) is 0 Å². The van der Waals surface area contributed by atoms with Gasteiger partial charge in [-0.3, -0.25) is 4.68 Å². The SMILES string of the molecule is CCn1nc(C)c(Cl)c1CSc1cccc(CNC)c1. The van der Waals surface area contributed by atoms with Gasteiger partial charge in [0.2, 0.25) is 0 Å². The van der Waals surface area contributed by atoms with Crippen molar-refractivity contribution in [3.05, 3.63) is 46.2 Å². The second-order valence-electron chi connectivity index (χ2n) is 4.63. The molecular formula is C15H20ClN3S. The van der Waals surface area contributed by atoms with E-state index in [1.54, 1.807) is 11.8 Å². The highest BCUT2D eigenvalue weighted by molar-refractivity contribution is 7.98. The van der Waals surface area contributed by atoms with Gasteiger partial charge in [-0.25, -0.2) is 0 Å². The summed E-state index contributed by atoms with van der Waals surface area (Å²) in [5.41, 5.74) is 3.31. The van der Waals surface area contributed by atoms with Crippen LogP contribution in [0.4, 0.5) is 0 Å². The molecular weight excluding hydrogens is 290 g/mol. The van der Waals surface area contributed by atoms with Crippen LogP contribution in [-0.4, -0.2) is 16.8 Å². The molecule has 0 fully saturated rings. The lowest BCUT2D eigenvalue weighted by molar-refractivity contribution is 0.632. The summed E-state index contributed by atoms with van der Waals surface area (Å²) in [6.45, 7) is 5.78. The zero-order chi connectivity index (χ0) is 14.5. The lowest BCUT2D eigenvalue weighted by Crippen LogP contribution is -2.04. The highest BCUT2D eigenvalue weighted by Gasteiger charge is 2.12. The van der Waals surface area contributed by atoms with E-state index in [4.69, 9.17) is 11.6 Å². The van der Waals surface area contributed by atoms with Gasteiger partial charge in [-0.2, -0.15) is 5.10 Å². The topological polar surface area (TPSA) is 29.9 Å². The molecule has 1 aromatic carbocycles. The van der Waals surface area contributed by atoms with Gasteiger partial charge in [0.25, 0.3) is 0 Å². The number of aryl methyl sites for hydroxylation is 2. The molecule has 0 unspecified atom stereocenters. The molecule has 0 spiro atoms. The van der Waals surface area contributed by atoms with Crippen molar-refractivity contribution in [2.45, 2.75) is 37.6 Å². The Hall–Kier alpha value is -0.970. The number of nitrogens with one attached hydrogen (secondary N) is 1. The van der Waals surface area contributed by atoms with Crippen molar-refractivity contribution in [1.29, 1.82) is 0 Å². The Morgan fingerprint density at radius 2 is 2.20 bits per heavy atom. The number of aromatic nitrogens is 2. The van der Waals surface area contributed by atoms with Crippen molar-refractivity contribution in [3.63, 3.8) is 0 Å². The van der Waals surface area contributed by atoms with Crippen molar-refractivity contribution >= 4 is 23.4 Å². The van der Waals surface area contributed by atoms with E-state index in [-0.39, 0.29) is 0 Å². The first-order chi connectivity index (χ1) is 9.65. The molecule has 1 N–H and O–H groups in total. The summed E-state index contributed by atoms with van der Waals surface area (Å²) in [6.07, 6.45) is 0. The summed E-state index contributed by atoms with van der Waals surface area (Å²) in [7, 11) is 1.96. The summed E-state index contributed by atoms with van der Waals surface area (Å²) < 4.78 is 1.99. The Bertz CT molecular complexity index is 580. The van der Waals surface area contributed by atoms with Crippen LogP contribution in [0.2, 0.25) is 5.02 Å². The highest BCUT2D eigenvalue weighted by Crippen LogP contribution is 2.29. The minimum atomic E-state index is 0.797. The fraction of sp³-hybridized carbons (Fsp3) is 0.400. The van der Waals surface area contributed by atoms with E-state index >= 15 is 0 Å². The Morgan fingerprint density at radius 1 is 1.40 bits per heavy atom. The minimum Gasteiger partial charge on any atom is -0.316 e. The van der Waals surface area contributed by atoms with Crippen molar-refractivity contribution in [2.75, 3.05) is 7.05 Å². The first-order valence-electron chi connectivity index (χ1n) is 6.73. The van der Waals surface area contributed by atoms with Crippen LogP contribution in [0.15, 0.2) is 29.2 Å². The van der Waals surface area contributed by atoms with Gasteiger partial charge >= 0.3 is 0 Å². The van der Waals surface area contributed by atoms with Crippen LogP contribution in [0, 0.1) is 6.92 Å². The van der Waals surface area contributed by atoms with Gasteiger partial charge in [0, 0.05) is 23.7 Å². The lowest BCUT2D eigenvalue weighted by Gasteiger charge is -2.07. The summed E-state index contributed by atoms with van der Waals surface area (Å²) in [4.78, 5) is 1.26. The van der Waals surface area contributed by atoms with Gasteiger partial charge < -0.3 is 5.32 Å². The predicted octanol–water partition coefficient (Wildman–Crippen LogP) is 3.88. The predicted molar refractivity (Wildman–Crippen MR) is 86.4 cm³/mol. The zero-order valence-corrected chi connectivity index (χ0v) is 13.7. The number of hydrogen-bond donors (Lipinski definition) is 1. The van der Waals surface area contributed by atoms with E-state index in [0.29, 0.717) is 0 Å². The van der Waals surface area contributed by atoms with E-state index in [2.05, 4.69) is 41.6 Å². The maximum atomic E-state index is 6.33. The van der Waals surface area contributed by atoms with Crippen LogP contribution in [0.3, 0.4) is 0 Å². The zero-order valence-electron chi connectivity index (χ0n) is 12.1. The molecule has 5 heteroatoms. The van der Waals surface area contributed by atoms with E-state index in [9.17, 15) is 0 Å². The molecule has 0 aliphatic carbocycles. The van der Waals surface area contributed by atoms with E-state index < -0.39 is 0 Å². The van der Waals surface area contributed by atoms with Crippen molar-refractivity contribution < 1.29 is 0 Å². The third-order valence-electron chi connectivity index (χ3n) is 3.11. The van der Waals surface area contributed by atoms with Crippen LogP contribution < -0.4 is 5.32 Å². The first kappa shape index (κ1) is 15.4. The van der Waals surface area contributed by atoms with Crippen LogP contribution in [0.25, 0.3) is 0 Å². The quantitative estimate of drug-likeness (QED) is 0.821. The molecule has 0 aliphatic rings. The Labute approximate surface area is 129 Å². The average molecular weight is 310 g/mol. The van der Waals surface area contributed by atoms with Gasteiger partial charge in [-0.15, -0.1) is 11.8 Å². The molecule has 2 aromatic rings. The van der Waals surface area contributed by atoms with Crippen molar-refractivity contribution in [3.8, 4) is 0 Å². The molecule has 0 bridgehead atoms.